The number of nitrogens with zero attached hydrogens (tertiary/aromatic N) is 1. The van der Waals surface area contributed by atoms with Crippen molar-refractivity contribution in [2.24, 2.45) is 0 Å². The normalized spacial score (nSPS) is 10.9. The summed E-state index contributed by atoms with van der Waals surface area (Å²) in [5, 5.41) is 6.99. The second kappa shape index (κ2) is 4.79. The van der Waals surface area contributed by atoms with Crippen LogP contribution in [0.2, 0.25) is 0 Å². The minimum Gasteiger partial charge on any atom is -0.267 e. The van der Waals surface area contributed by atoms with Crippen LogP contribution in [-0.2, 0) is 0 Å². The quantitative estimate of drug-likeness (QED) is 0.689. The number of nitrogens with one attached hydrogen (secondary N) is 1. The molecule has 1 heterocycles. The third-order valence-electron chi connectivity index (χ3n) is 2.96. The van der Waals surface area contributed by atoms with E-state index in [9.17, 15) is 13.6 Å². The van der Waals surface area contributed by atoms with Crippen molar-refractivity contribution in [2.45, 2.75) is 0 Å². The van der Waals surface area contributed by atoms with Gasteiger partial charge in [-0.05, 0) is 34.1 Å². The van der Waals surface area contributed by atoms with E-state index in [4.69, 9.17) is 0 Å². The predicted octanol–water partition coefficient (Wildman–Crippen LogP) is 3.63. The molecule has 3 rings (SSSR count). The maximum atomic E-state index is 14.0. The Morgan fingerprint density at radius 3 is 2.50 bits per heavy atom. The number of rotatable bonds is 1. The smallest absolute Gasteiger partial charge is 0.267 e. The second-order valence-corrected chi connectivity index (χ2v) is 5.05. The molecule has 0 atom stereocenters. The summed E-state index contributed by atoms with van der Waals surface area (Å²) in [7, 11) is 0. The van der Waals surface area contributed by atoms with Gasteiger partial charge >= 0.3 is 0 Å². The average molecular weight is 337 g/mol. The Bertz CT molecular complexity index is 877. The minimum atomic E-state index is -0.622. The van der Waals surface area contributed by atoms with Crippen molar-refractivity contribution < 1.29 is 8.78 Å². The standard InChI is InChI=1S/C14H7BrF2N2O/c15-10-6-11(16)9(5-12(10)17)13-7-3-1-2-4-8(7)14(20)19-18-13/h1-6H,(H,19,20). The van der Waals surface area contributed by atoms with Crippen LogP contribution in [0.25, 0.3) is 22.0 Å². The lowest BCUT2D eigenvalue weighted by molar-refractivity contribution is 0.596. The fourth-order valence-electron chi connectivity index (χ4n) is 2.02. The van der Waals surface area contributed by atoms with Crippen molar-refractivity contribution in [1.29, 1.82) is 0 Å². The van der Waals surface area contributed by atoms with Gasteiger partial charge in [-0.15, -0.1) is 0 Å². The van der Waals surface area contributed by atoms with Crippen LogP contribution in [0, 0.1) is 11.6 Å². The molecule has 3 aromatic rings. The van der Waals surface area contributed by atoms with E-state index in [1.165, 1.54) is 0 Å². The molecule has 1 N–H and O–H groups in total. The SMILES string of the molecule is O=c1[nH]nc(-c2cc(F)c(Br)cc2F)c2ccccc12. The summed E-state index contributed by atoms with van der Waals surface area (Å²) in [5.74, 6) is -1.22. The van der Waals surface area contributed by atoms with Crippen LogP contribution in [0.5, 0.6) is 0 Å². The van der Waals surface area contributed by atoms with Gasteiger partial charge in [0.15, 0.2) is 0 Å². The van der Waals surface area contributed by atoms with Crippen LogP contribution >= 0.6 is 15.9 Å². The summed E-state index contributed by atoms with van der Waals surface area (Å²) < 4.78 is 27.7. The number of halogens is 3. The summed E-state index contributed by atoms with van der Waals surface area (Å²) in [6.45, 7) is 0. The Balaban J connectivity index is 2.39. The molecule has 0 fully saturated rings. The van der Waals surface area contributed by atoms with Crippen molar-refractivity contribution in [1.82, 2.24) is 10.2 Å². The Morgan fingerprint density at radius 1 is 1.05 bits per heavy atom. The van der Waals surface area contributed by atoms with Crippen LogP contribution < -0.4 is 5.56 Å². The number of aromatic nitrogens is 2. The first-order chi connectivity index (χ1) is 9.58. The lowest BCUT2D eigenvalue weighted by Gasteiger charge is -2.07. The summed E-state index contributed by atoms with van der Waals surface area (Å²) in [5.41, 5.74) is -0.176. The molecule has 0 saturated heterocycles. The van der Waals surface area contributed by atoms with E-state index >= 15 is 0 Å². The van der Waals surface area contributed by atoms with Crippen LogP contribution in [0.15, 0.2) is 45.7 Å². The minimum absolute atomic E-state index is 0.00171. The highest BCUT2D eigenvalue weighted by molar-refractivity contribution is 9.10. The molecule has 0 saturated carbocycles. The van der Waals surface area contributed by atoms with E-state index in [-0.39, 0.29) is 21.3 Å². The Kier molecular flexibility index (Phi) is 3.10. The molecule has 1 aromatic heterocycles. The largest absolute Gasteiger partial charge is 0.272 e. The molecule has 0 bridgehead atoms. The predicted molar refractivity (Wildman–Crippen MR) is 75.4 cm³/mol. The van der Waals surface area contributed by atoms with Gasteiger partial charge in [0.25, 0.3) is 5.56 Å². The van der Waals surface area contributed by atoms with Crippen molar-refractivity contribution in [3.8, 4) is 11.3 Å². The van der Waals surface area contributed by atoms with Crippen LogP contribution in [0.1, 0.15) is 0 Å². The van der Waals surface area contributed by atoms with Crippen molar-refractivity contribution >= 4 is 26.7 Å². The summed E-state index contributed by atoms with van der Waals surface area (Å²) in [6, 6.07) is 8.73. The van der Waals surface area contributed by atoms with Crippen LogP contribution in [-0.4, -0.2) is 10.2 Å². The molecule has 3 nitrogen and oxygen atoms in total. The van der Waals surface area contributed by atoms with Crippen molar-refractivity contribution in [3.63, 3.8) is 0 Å². The van der Waals surface area contributed by atoms with Gasteiger partial charge in [-0.25, -0.2) is 13.9 Å². The van der Waals surface area contributed by atoms with Gasteiger partial charge in [0, 0.05) is 10.9 Å². The first-order valence-electron chi connectivity index (χ1n) is 5.70. The highest BCUT2D eigenvalue weighted by Gasteiger charge is 2.15. The Hall–Kier alpha value is -2.08. The lowest BCUT2D eigenvalue weighted by Crippen LogP contribution is -2.09. The molecule has 0 spiro atoms. The first-order valence-corrected chi connectivity index (χ1v) is 6.49. The Labute approximate surface area is 120 Å². The molecular formula is C14H7BrF2N2O. The summed E-state index contributed by atoms with van der Waals surface area (Å²) in [6.07, 6.45) is 0. The number of hydrogen-bond donors (Lipinski definition) is 1. The third kappa shape index (κ3) is 2.02. The van der Waals surface area contributed by atoms with Crippen LogP contribution in [0.3, 0.4) is 0 Å². The van der Waals surface area contributed by atoms with Gasteiger partial charge in [-0.3, -0.25) is 4.79 Å². The maximum Gasteiger partial charge on any atom is 0.272 e. The van der Waals surface area contributed by atoms with E-state index in [1.807, 2.05) is 0 Å². The van der Waals surface area contributed by atoms with E-state index in [1.54, 1.807) is 24.3 Å². The second-order valence-electron chi connectivity index (χ2n) is 4.19. The zero-order valence-corrected chi connectivity index (χ0v) is 11.5. The van der Waals surface area contributed by atoms with Crippen molar-refractivity contribution in [2.75, 3.05) is 0 Å². The molecule has 0 aliphatic carbocycles. The molecule has 0 unspecified atom stereocenters. The molecule has 0 radical (unpaired) electrons. The number of H-pyrrole nitrogens is 1. The van der Waals surface area contributed by atoms with Gasteiger partial charge in [0.05, 0.1) is 9.86 Å². The van der Waals surface area contributed by atoms with E-state index in [0.29, 0.717) is 10.8 Å². The molecule has 2 aromatic carbocycles. The molecule has 0 amide bonds. The van der Waals surface area contributed by atoms with Gasteiger partial charge < -0.3 is 0 Å². The molecule has 0 aliphatic rings. The fraction of sp³-hybridized carbons (Fsp3) is 0. The van der Waals surface area contributed by atoms with E-state index < -0.39 is 11.6 Å². The summed E-state index contributed by atoms with van der Waals surface area (Å²) in [4.78, 5) is 11.7. The van der Waals surface area contributed by atoms with Gasteiger partial charge in [-0.2, -0.15) is 5.10 Å². The zero-order chi connectivity index (χ0) is 14.3. The molecular weight excluding hydrogens is 330 g/mol. The van der Waals surface area contributed by atoms with E-state index in [2.05, 4.69) is 26.1 Å². The first kappa shape index (κ1) is 12.9. The average Bonchev–Trinajstić information content (AvgIpc) is 2.44. The lowest BCUT2D eigenvalue weighted by atomic mass is 10.0. The molecule has 100 valence electrons. The van der Waals surface area contributed by atoms with E-state index in [0.717, 1.165) is 12.1 Å². The third-order valence-corrected chi connectivity index (χ3v) is 3.57. The van der Waals surface area contributed by atoms with Gasteiger partial charge in [0.2, 0.25) is 0 Å². The molecule has 0 aliphatic heterocycles. The summed E-state index contributed by atoms with van der Waals surface area (Å²) >= 11 is 2.92. The topological polar surface area (TPSA) is 45.8 Å². The maximum absolute atomic E-state index is 14.0. The van der Waals surface area contributed by atoms with Gasteiger partial charge in [-0.1, -0.05) is 18.2 Å². The Morgan fingerprint density at radius 2 is 1.75 bits per heavy atom. The number of aromatic amines is 1. The molecule has 6 heteroatoms. The zero-order valence-electron chi connectivity index (χ0n) is 9.95. The highest BCUT2D eigenvalue weighted by Crippen LogP contribution is 2.30. The number of hydrogen-bond acceptors (Lipinski definition) is 2. The fourth-order valence-corrected chi connectivity index (χ4v) is 2.34. The highest BCUT2D eigenvalue weighted by atomic mass is 79.9. The number of benzene rings is 2. The van der Waals surface area contributed by atoms with Crippen LogP contribution in [0.4, 0.5) is 8.78 Å². The number of fused-ring (bicyclic) bond motifs is 1. The monoisotopic (exact) mass is 336 g/mol. The van der Waals surface area contributed by atoms with Gasteiger partial charge in [0.1, 0.15) is 17.3 Å². The van der Waals surface area contributed by atoms with Crippen molar-refractivity contribution in [3.05, 3.63) is 62.9 Å². The molecule has 20 heavy (non-hydrogen) atoms.